The first-order chi connectivity index (χ1) is 8.72. The minimum absolute atomic E-state index is 0.850. The molecule has 0 saturated carbocycles. The van der Waals surface area contributed by atoms with Crippen molar-refractivity contribution in [3.05, 3.63) is 42.5 Å². The molecular weight excluding hydrogens is 220 g/mol. The van der Waals surface area contributed by atoms with Crippen molar-refractivity contribution in [2.75, 3.05) is 25.4 Å². The molecule has 0 radical (unpaired) electrons. The van der Waals surface area contributed by atoms with Crippen LogP contribution in [0.5, 0.6) is 0 Å². The summed E-state index contributed by atoms with van der Waals surface area (Å²) in [6.07, 6.45) is 0. The summed E-state index contributed by atoms with van der Waals surface area (Å²) < 4.78 is 0. The second kappa shape index (κ2) is 7.72. The molecule has 0 unspecified atom stereocenters. The second-order valence-corrected chi connectivity index (χ2v) is 4.19. The molecule has 2 aromatic carbocycles. The van der Waals surface area contributed by atoms with Gasteiger partial charge in [0.1, 0.15) is 0 Å². The zero-order valence-electron chi connectivity index (χ0n) is 11.7. The molecule has 0 aliphatic heterocycles. The van der Waals surface area contributed by atoms with Crippen molar-refractivity contribution >= 4 is 16.5 Å². The fraction of sp³-hybridized carbons (Fsp3) is 0.375. The number of anilines is 1. The number of nitrogens with two attached hydrogens (primary N) is 1. The Morgan fingerprint density at radius 2 is 1.39 bits per heavy atom. The van der Waals surface area contributed by atoms with Crippen molar-refractivity contribution in [1.29, 1.82) is 0 Å². The lowest BCUT2D eigenvalue weighted by Crippen LogP contribution is -2.21. The summed E-state index contributed by atoms with van der Waals surface area (Å²) >= 11 is 0. The number of hydrogen-bond donors (Lipinski definition) is 1. The predicted molar refractivity (Wildman–Crippen MR) is 81.8 cm³/mol. The van der Waals surface area contributed by atoms with Crippen LogP contribution >= 0.6 is 0 Å². The first-order valence-electron chi connectivity index (χ1n) is 6.68. The number of hydrogen-bond acceptors (Lipinski definition) is 2. The van der Waals surface area contributed by atoms with E-state index in [-0.39, 0.29) is 0 Å². The minimum atomic E-state index is 0.850. The Morgan fingerprint density at radius 1 is 0.833 bits per heavy atom. The maximum atomic E-state index is 5.76. The fourth-order valence-electron chi connectivity index (χ4n) is 1.92. The number of rotatable bonds is 3. The van der Waals surface area contributed by atoms with Gasteiger partial charge in [0.25, 0.3) is 0 Å². The zero-order valence-corrected chi connectivity index (χ0v) is 11.7. The Kier molecular flexibility index (Phi) is 6.23. The highest BCUT2D eigenvalue weighted by Crippen LogP contribution is 2.19. The van der Waals surface area contributed by atoms with E-state index in [0.717, 1.165) is 11.1 Å². The summed E-state index contributed by atoms with van der Waals surface area (Å²) in [6.45, 7) is 10.1. The van der Waals surface area contributed by atoms with Crippen molar-refractivity contribution in [1.82, 2.24) is 4.90 Å². The number of nitrogen functional groups attached to an aromatic ring is 1. The first-order valence-corrected chi connectivity index (χ1v) is 6.68. The maximum absolute atomic E-state index is 5.76. The third-order valence-corrected chi connectivity index (χ3v) is 3.17. The summed E-state index contributed by atoms with van der Waals surface area (Å²) in [5, 5.41) is 2.34. The maximum Gasteiger partial charge on any atom is 0.0393 e. The molecule has 0 aromatic heterocycles. The van der Waals surface area contributed by atoms with E-state index < -0.39 is 0 Å². The largest absolute Gasteiger partial charge is 0.398 e. The summed E-state index contributed by atoms with van der Waals surface area (Å²) in [4.78, 5) is 2.38. The van der Waals surface area contributed by atoms with Gasteiger partial charge in [-0.2, -0.15) is 0 Å². The van der Waals surface area contributed by atoms with Gasteiger partial charge in [-0.25, -0.2) is 0 Å². The van der Waals surface area contributed by atoms with Gasteiger partial charge in [-0.1, -0.05) is 57.2 Å². The first kappa shape index (κ1) is 14.5. The summed E-state index contributed by atoms with van der Waals surface area (Å²) in [7, 11) is 0. The molecule has 0 atom stereocenters. The molecule has 0 fully saturated rings. The Hall–Kier alpha value is -1.54. The van der Waals surface area contributed by atoms with Crippen LogP contribution in [0.25, 0.3) is 10.8 Å². The van der Waals surface area contributed by atoms with Crippen LogP contribution in [0.15, 0.2) is 42.5 Å². The van der Waals surface area contributed by atoms with Crippen molar-refractivity contribution in [3.8, 4) is 0 Å². The van der Waals surface area contributed by atoms with E-state index in [1.54, 1.807) is 0 Å². The number of nitrogens with zero attached hydrogens (tertiary/aromatic N) is 1. The highest BCUT2D eigenvalue weighted by molar-refractivity contribution is 5.92. The van der Waals surface area contributed by atoms with Crippen LogP contribution in [-0.2, 0) is 0 Å². The molecule has 0 heterocycles. The van der Waals surface area contributed by atoms with Gasteiger partial charge in [0.15, 0.2) is 0 Å². The van der Waals surface area contributed by atoms with Crippen LogP contribution in [-0.4, -0.2) is 24.5 Å². The van der Waals surface area contributed by atoms with Crippen LogP contribution in [0.2, 0.25) is 0 Å². The van der Waals surface area contributed by atoms with E-state index >= 15 is 0 Å². The molecule has 0 amide bonds. The van der Waals surface area contributed by atoms with Crippen LogP contribution in [0.1, 0.15) is 20.8 Å². The van der Waals surface area contributed by atoms with Gasteiger partial charge in [-0.3, -0.25) is 0 Å². The van der Waals surface area contributed by atoms with Gasteiger partial charge in [0.2, 0.25) is 0 Å². The molecule has 0 spiro atoms. The predicted octanol–water partition coefficient (Wildman–Crippen LogP) is 3.77. The minimum Gasteiger partial charge on any atom is -0.398 e. The molecule has 2 nitrogen and oxygen atoms in total. The highest BCUT2D eigenvalue weighted by atomic mass is 15.1. The Bertz CT molecular complexity index is 451. The van der Waals surface area contributed by atoms with Crippen LogP contribution < -0.4 is 5.73 Å². The van der Waals surface area contributed by atoms with E-state index in [0.29, 0.717) is 0 Å². The van der Waals surface area contributed by atoms with Crippen molar-refractivity contribution in [3.63, 3.8) is 0 Å². The lowest BCUT2D eigenvalue weighted by Gasteiger charge is -2.13. The lowest BCUT2D eigenvalue weighted by molar-refractivity contribution is 0.321. The van der Waals surface area contributed by atoms with E-state index in [9.17, 15) is 0 Å². The fourth-order valence-corrected chi connectivity index (χ4v) is 1.92. The molecule has 2 rings (SSSR count). The Balaban J connectivity index is 0.000000203. The summed E-state index contributed by atoms with van der Waals surface area (Å²) in [6, 6.07) is 14.1. The average molecular weight is 244 g/mol. The monoisotopic (exact) mass is 244 g/mol. The Labute approximate surface area is 110 Å². The molecule has 0 aliphatic carbocycles. The van der Waals surface area contributed by atoms with Gasteiger partial charge in [-0.05, 0) is 31.1 Å². The van der Waals surface area contributed by atoms with Gasteiger partial charge in [0.05, 0.1) is 0 Å². The van der Waals surface area contributed by atoms with Gasteiger partial charge >= 0.3 is 0 Å². The quantitative estimate of drug-likeness (QED) is 0.833. The molecule has 98 valence electrons. The summed E-state index contributed by atoms with van der Waals surface area (Å²) in [5.74, 6) is 0. The standard InChI is InChI=1S/C10H9N.C6H15N/c11-10-7-3-5-8-4-1-2-6-9(8)10;1-4-7(5-2)6-3/h1-7H,11H2;4-6H2,1-3H3. The van der Waals surface area contributed by atoms with Crippen LogP contribution in [0, 0.1) is 0 Å². The number of fused-ring (bicyclic) bond motifs is 1. The molecule has 18 heavy (non-hydrogen) atoms. The van der Waals surface area contributed by atoms with E-state index in [2.05, 4.69) is 37.8 Å². The molecule has 0 saturated heterocycles. The molecular formula is C16H24N2. The highest BCUT2D eigenvalue weighted by Gasteiger charge is 1.92. The molecule has 2 aromatic rings. The van der Waals surface area contributed by atoms with Crippen LogP contribution in [0.4, 0.5) is 5.69 Å². The third kappa shape index (κ3) is 4.04. The molecule has 2 N–H and O–H groups in total. The zero-order chi connectivity index (χ0) is 13.4. The topological polar surface area (TPSA) is 29.3 Å². The van der Waals surface area contributed by atoms with E-state index in [1.165, 1.54) is 25.0 Å². The van der Waals surface area contributed by atoms with Crippen molar-refractivity contribution in [2.45, 2.75) is 20.8 Å². The van der Waals surface area contributed by atoms with Crippen molar-refractivity contribution in [2.24, 2.45) is 0 Å². The van der Waals surface area contributed by atoms with Gasteiger partial charge in [-0.15, -0.1) is 0 Å². The number of benzene rings is 2. The smallest absolute Gasteiger partial charge is 0.0393 e. The van der Waals surface area contributed by atoms with Crippen molar-refractivity contribution < 1.29 is 0 Å². The average Bonchev–Trinajstić information content (AvgIpc) is 2.42. The SMILES string of the molecule is CCN(CC)CC.Nc1cccc2ccccc12. The normalized spacial score (nSPS) is 10.2. The molecule has 0 aliphatic rings. The molecule has 0 bridgehead atoms. The Morgan fingerprint density at radius 3 is 1.89 bits per heavy atom. The van der Waals surface area contributed by atoms with E-state index in [1.807, 2.05) is 30.3 Å². The third-order valence-electron chi connectivity index (χ3n) is 3.17. The van der Waals surface area contributed by atoms with Gasteiger partial charge in [0, 0.05) is 11.1 Å². The lowest BCUT2D eigenvalue weighted by atomic mass is 10.1. The van der Waals surface area contributed by atoms with Gasteiger partial charge < -0.3 is 10.6 Å². The summed E-state index contributed by atoms with van der Waals surface area (Å²) in [5.41, 5.74) is 6.61. The molecule has 2 heteroatoms. The van der Waals surface area contributed by atoms with E-state index in [4.69, 9.17) is 5.73 Å². The second-order valence-electron chi connectivity index (χ2n) is 4.19. The van der Waals surface area contributed by atoms with Crippen LogP contribution in [0.3, 0.4) is 0 Å².